The van der Waals surface area contributed by atoms with Gasteiger partial charge < -0.3 is 5.32 Å². The fourth-order valence-corrected chi connectivity index (χ4v) is 3.52. The predicted octanol–water partition coefficient (Wildman–Crippen LogP) is 3.25. The smallest absolute Gasteiger partial charge is 0.244 e. The molecule has 2 aromatic rings. The van der Waals surface area contributed by atoms with Crippen molar-refractivity contribution in [1.82, 2.24) is 4.72 Å². The van der Waals surface area contributed by atoms with E-state index in [1.165, 1.54) is 19.1 Å². The van der Waals surface area contributed by atoms with Crippen molar-refractivity contribution in [2.45, 2.75) is 37.6 Å². The van der Waals surface area contributed by atoms with Crippen LogP contribution in [-0.2, 0) is 14.8 Å². The molecule has 0 aliphatic heterocycles. The van der Waals surface area contributed by atoms with Gasteiger partial charge in [0.15, 0.2) is 0 Å². The largest absolute Gasteiger partial charge is 0.325 e. The normalized spacial score (nSPS) is 12.8. The van der Waals surface area contributed by atoms with Crippen LogP contribution in [-0.4, -0.2) is 20.4 Å². The number of sulfonamides is 1. The van der Waals surface area contributed by atoms with Crippen molar-refractivity contribution in [3.8, 4) is 0 Å². The number of carbonyl (C=O) groups is 1. The van der Waals surface area contributed by atoms with Gasteiger partial charge in [0.05, 0.1) is 6.04 Å². The third-order valence-electron chi connectivity index (χ3n) is 3.67. The Morgan fingerprint density at radius 1 is 1.04 bits per heavy atom. The third kappa shape index (κ3) is 4.87. The number of benzene rings is 2. The van der Waals surface area contributed by atoms with Crippen LogP contribution in [0.3, 0.4) is 0 Å². The SMILES string of the molecule is CC(C)c1cccc(NC(=O)[C@H](C)NS(=O)(=O)c2ccccc2F)c1. The highest BCUT2D eigenvalue weighted by Crippen LogP contribution is 2.19. The van der Waals surface area contributed by atoms with E-state index in [1.54, 1.807) is 6.07 Å². The molecule has 2 N–H and O–H groups in total. The molecule has 2 aromatic carbocycles. The van der Waals surface area contributed by atoms with E-state index in [-0.39, 0.29) is 0 Å². The quantitative estimate of drug-likeness (QED) is 0.826. The molecule has 1 atom stereocenters. The molecule has 0 spiro atoms. The first kappa shape index (κ1) is 19.1. The molecule has 0 heterocycles. The summed E-state index contributed by atoms with van der Waals surface area (Å²) < 4.78 is 40.3. The zero-order valence-corrected chi connectivity index (χ0v) is 15.1. The van der Waals surface area contributed by atoms with Crippen LogP contribution in [0.5, 0.6) is 0 Å². The second-order valence-corrected chi connectivity index (χ2v) is 7.73. The van der Waals surface area contributed by atoms with Gasteiger partial charge >= 0.3 is 0 Å². The Balaban J connectivity index is 2.10. The van der Waals surface area contributed by atoms with Crippen LogP contribution in [0.4, 0.5) is 10.1 Å². The zero-order chi connectivity index (χ0) is 18.6. The third-order valence-corrected chi connectivity index (χ3v) is 5.25. The van der Waals surface area contributed by atoms with E-state index >= 15 is 0 Å². The minimum Gasteiger partial charge on any atom is -0.325 e. The second kappa shape index (κ2) is 7.76. The Hall–Kier alpha value is -2.25. The molecule has 0 aromatic heterocycles. The van der Waals surface area contributed by atoms with Crippen molar-refractivity contribution in [3.05, 3.63) is 59.9 Å². The van der Waals surface area contributed by atoms with Gasteiger partial charge in [-0.15, -0.1) is 0 Å². The molecule has 2 rings (SSSR count). The molecule has 7 heteroatoms. The molecule has 0 aliphatic carbocycles. The Kier molecular flexibility index (Phi) is 5.92. The first-order valence-corrected chi connectivity index (χ1v) is 9.36. The van der Waals surface area contributed by atoms with Gasteiger partial charge in [-0.2, -0.15) is 4.72 Å². The van der Waals surface area contributed by atoms with Crippen molar-refractivity contribution < 1.29 is 17.6 Å². The van der Waals surface area contributed by atoms with Gasteiger partial charge in [0, 0.05) is 5.69 Å². The average molecular weight is 364 g/mol. The molecule has 0 aliphatic rings. The highest BCUT2D eigenvalue weighted by Gasteiger charge is 2.24. The van der Waals surface area contributed by atoms with Crippen molar-refractivity contribution >= 4 is 21.6 Å². The number of carbonyl (C=O) groups excluding carboxylic acids is 1. The van der Waals surface area contributed by atoms with E-state index in [4.69, 9.17) is 0 Å². The molecular weight excluding hydrogens is 343 g/mol. The van der Waals surface area contributed by atoms with Crippen LogP contribution < -0.4 is 10.0 Å². The molecule has 25 heavy (non-hydrogen) atoms. The fraction of sp³-hybridized carbons (Fsp3) is 0.278. The summed E-state index contributed by atoms with van der Waals surface area (Å²) in [5.74, 6) is -1.10. The van der Waals surface area contributed by atoms with E-state index in [2.05, 4.69) is 10.0 Å². The van der Waals surface area contributed by atoms with Crippen LogP contribution >= 0.6 is 0 Å². The highest BCUT2D eigenvalue weighted by atomic mass is 32.2. The van der Waals surface area contributed by atoms with Crippen molar-refractivity contribution in [3.63, 3.8) is 0 Å². The van der Waals surface area contributed by atoms with E-state index < -0.39 is 32.7 Å². The highest BCUT2D eigenvalue weighted by molar-refractivity contribution is 7.89. The minimum absolute atomic E-state index is 0.300. The molecule has 0 bridgehead atoms. The van der Waals surface area contributed by atoms with Gasteiger partial charge in [-0.05, 0) is 42.7 Å². The summed E-state index contributed by atoms with van der Waals surface area (Å²) in [4.78, 5) is 11.8. The first-order chi connectivity index (χ1) is 11.7. The number of amides is 1. The number of hydrogen-bond acceptors (Lipinski definition) is 3. The van der Waals surface area contributed by atoms with Crippen LogP contribution in [0.2, 0.25) is 0 Å². The van der Waals surface area contributed by atoms with E-state index in [1.807, 2.05) is 32.0 Å². The van der Waals surface area contributed by atoms with E-state index in [0.29, 0.717) is 11.6 Å². The first-order valence-electron chi connectivity index (χ1n) is 7.88. The zero-order valence-electron chi connectivity index (χ0n) is 14.3. The minimum atomic E-state index is -4.13. The number of anilines is 1. The van der Waals surface area contributed by atoms with Crippen molar-refractivity contribution in [2.75, 3.05) is 5.32 Å². The summed E-state index contributed by atoms with van der Waals surface area (Å²) in [5, 5.41) is 2.67. The summed E-state index contributed by atoms with van der Waals surface area (Å²) in [6.45, 7) is 5.47. The van der Waals surface area contributed by atoms with Crippen molar-refractivity contribution in [1.29, 1.82) is 0 Å². The van der Waals surface area contributed by atoms with Crippen LogP contribution in [0.1, 0.15) is 32.3 Å². The van der Waals surface area contributed by atoms with Crippen LogP contribution in [0.25, 0.3) is 0 Å². The van der Waals surface area contributed by atoms with Gasteiger partial charge in [-0.25, -0.2) is 12.8 Å². The van der Waals surface area contributed by atoms with Crippen molar-refractivity contribution in [2.24, 2.45) is 0 Å². The molecule has 134 valence electrons. The Labute approximate surface area is 147 Å². The van der Waals surface area contributed by atoms with E-state index in [0.717, 1.165) is 17.7 Å². The lowest BCUT2D eigenvalue weighted by Gasteiger charge is -2.15. The lowest BCUT2D eigenvalue weighted by molar-refractivity contribution is -0.117. The van der Waals surface area contributed by atoms with E-state index in [9.17, 15) is 17.6 Å². The van der Waals surface area contributed by atoms with Gasteiger partial charge in [-0.1, -0.05) is 38.1 Å². The topological polar surface area (TPSA) is 75.3 Å². The van der Waals surface area contributed by atoms with Crippen LogP contribution in [0, 0.1) is 5.82 Å². The summed E-state index contributed by atoms with van der Waals surface area (Å²) in [6, 6.07) is 11.3. The molecule has 0 saturated heterocycles. The van der Waals surface area contributed by atoms with Gasteiger partial charge in [0.1, 0.15) is 10.7 Å². The van der Waals surface area contributed by atoms with Gasteiger partial charge in [0.2, 0.25) is 15.9 Å². The fourth-order valence-electron chi connectivity index (χ4n) is 2.24. The maximum absolute atomic E-state index is 13.7. The summed E-state index contributed by atoms with van der Waals surface area (Å²) in [7, 11) is -4.13. The number of hydrogen-bond donors (Lipinski definition) is 2. The molecule has 5 nitrogen and oxygen atoms in total. The molecular formula is C18H21FN2O3S. The second-order valence-electron chi connectivity index (χ2n) is 6.04. The Bertz CT molecular complexity index is 866. The summed E-state index contributed by atoms with van der Waals surface area (Å²) in [6.07, 6.45) is 0. The number of nitrogens with one attached hydrogen (secondary N) is 2. The average Bonchev–Trinajstić information content (AvgIpc) is 2.54. The van der Waals surface area contributed by atoms with Crippen LogP contribution in [0.15, 0.2) is 53.4 Å². The lowest BCUT2D eigenvalue weighted by atomic mass is 10.0. The Morgan fingerprint density at radius 3 is 2.36 bits per heavy atom. The summed E-state index contributed by atoms with van der Waals surface area (Å²) >= 11 is 0. The van der Waals surface area contributed by atoms with Gasteiger partial charge in [0.25, 0.3) is 0 Å². The molecule has 0 unspecified atom stereocenters. The monoisotopic (exact) mass is 364 g/mol. The maximum Gasteiger partial charge on any atom is 0.244 e. The number of halogens is 1. The molecule has 0 radical (unpaired) electrons. The maximum atomic E-state index is 13.7. The predicted molar refractivity (Wildman–Crippen MR) is 95.3 cm³/mol. The Morgan fingerprint density at radius 2 is 1.72 bits per heavy atom. The lowest BCUT2D eigenvalue weighted by Crippen LogP contribution is -2.41. The molecule has 0 fully saturated rings. The standard InChI is InChI=1S/C18H21FN2O3S/c1-12(2)14-7-6-8-15(11-14)20-18(22)13(3)21-25(23,24)17-10-5-4-9-16(17)19/h4-13,21H,1-3H3,(H,20,22)/t13-/m0/s1. The van der Waals surface area contributed by atoms with Gasteiger partial charge in [-0.3, -0.25) is 4.79 Å². The molecule has 0 saturated carbocycles. The summed E-state index contributed by atoms with van der Waals surface area (Å²) in [5.41, 5.74) is 1.63. The molecule has 1 amide bonds. The number of rotatable bonds is 6.